The summed E-state index contributed by atoms with van der Waals surface area (Å²) in [5, 5.41) is 7.11. The van der Waals surface area contributed by atoms with Crippen LogP contribution in [0.15, 0.2) is 48.8 Å². The maximum atomic E-state index is 14.1. The van der Waals surface area contributed by atoms with Crippen molar-refractivity contribution in [3.8, 4) is 5.82 Å². The summed E-state index contributed by atoms with van der Waals surface area (Å²) in [5.41, 5.74) is -0.348. The summed E-state index contributed by atoms with van der Waals surface area (Å²) in [6.07, 6.45) is 4.62. The fourth-order valence-electron chi connectivity index (χ4n) is 2.92. The molecule has 126 valence electrons. The number of hydrogen-bond acceptors (Lipinski definition) is 4. The van der Waals surface area contributed by atoms with E-state index in [1.165, 1.54) is 6.07 Å². The molecular formula is C18H16FN5O. The summed E-state index contributed by atoms with van der Waals surface area (Å²) in [6, 6.07) is 9.84. The van der Waals surface area contributed by atoms with Crippen LogP contribution in [0.25, 0.3) is 5.82 Å². The number of nitrogens with zero attached hydrogens (tertiary/aromatic N) is 4. The van der Waals surface area contributed by atoms with Gasteiger partial charge < -0.3 is 5.32 Å². The van der Waals surface area contributed by atoms with E-state index in [4.69, 9.17) is 0 Å². The molecule has 0 atom stereocenters. The summed E-state index contributed by atoms with van der Waals surface area (Å²) in [4.78, 5) is 21.0. The molecule has 1 N–H and O–H groups in total. The van der Waals surface area contributed by atoms with Crippen molar-refractivity contribution in [1.82, 2.24) is 19.7 Å². The van der Waals surface area contributed by atoms with Gasteiger partial charge in [0.2, 0.25) is 5.91 Å². The molecule has 1 aliphatic carbocycles. The molecule has 1 amide bonds. The third kappa shape index (κ3) is 2.77. The van der Waals surface area contributed by atoms with Crippen LogP contribution in [0.2, 0.25) is 0 Å². The molecule has 0 aliphatic heterocycles. The third-order valence-corrected chi connectivity index (χ3v) is 4.40. The largest absolute Gasteiger partial charge is 0.308 e. The van der Waals surface area contributed by atoms with E-state index in [0.29, 0.717) is 35.9 Å². The van der Waals surface area contributed by atoms with E-state index in [0.717, 1.165) is 0 Å². The number of nitrogens with one attached hydrogen (secondary N) is 1. The van der Waals surface area contributed by atoms with E-state index < -0.39 is 5.41 Å². The lowest BCUT2D eigenvalue weighted by Gasteiger charge is -2.15. The summed E-state index contributed by atoms with van der Waals surface area (Å²) in [5.74, 6) is 1.07. The van der Waals surface area contributed by atoms with E-state index in [2.05, 4.69) is 20.4 Å². The standard InChI is InChI=1S/C18H16FN5O/c1-12-20-10-6-16(21-12)24-11-7-15(23-24)22-17(25)18(8-9-18)13-4-2-3-5-14(13)19/h2-7,10-11H,8-9H2,1H3,(H,22,23,25). The Kier molecular flexibility index (Phi) is 3.56. The Morgan fingerprint density at radius 3 is 2.76 bits per heavy atom. The van der Waals surface area contributed by atoms with Gasteiger partial charge in [-0.25, -0.2) is 19.0 Å². The number of aryl methyl sites for hydroxylation is 1. The number of benzene rings is 1. The van der Waals surface area contributed by atoms with Gasteiger partial charge in [-0.1, -0.05) is 18.2 Å². The molecule has 1 aromatic carbocycles. The van der Waals surface area contributed by atoms with Crippen molar-refractivity contribution in [3.05, 3.63) is 66.0 Å². The molecule has 1 fully saturated rings. The molecule has 0 radical (unpaired) electrons. The molecule has 1 aliphatic rings. The van der Waals surface area contributed by atoms with Crippen LogP contribution >= 0.6 is 0 Å². The van der Waals surface area contributed by atoms with Crippen LogP contribution in [-0.4, -0.2) is 25.7 Å². The summed E-state index contributed by atoms with van der Waals surface area (Å²) in [7, 11) is 0. The van der Waals surface area contributed by atoms with Gasteiger partial charge >= 0.3 is 0 Å². The zero-order valence-electron chi connectivity index (χ0n) is 13.6. The fraction of sp³-hybridized carbons (Fsp3) is 0.222. The van der Waals surface area contributed by atoms with Gasteiger partial charge in [-0.15, -0.1) is 5.10 Å². The first-order valence-corrected chi connectivity index (χ1v) is 8.01. The third-order valence-electron chi connectivity index (χ3n) is 4.40. The van der Waals surface area contributed by atoms with Crippen LogP contribution in [0.4, 0.5) is 10.2 Å². The zero-order chi connectivity index (χ0) is 17.4. The van der Waals surface area contributed by atoms with Crippen molar-refractivity contribution in [1.29, 1.82) is 0 Å². The number of amides is 1. The highest BCUT2D eigenvalue weighted by molar-refractivity contribution is 6.00. The molecular weight excluding hydrogens is 321 g/mol. The maximum absolute atomic E-state index is 14.1. The molecule has 0 spiro atoms. The van der Waals surface area contributed by atoms with Gasteiger partial charge in [0, 0.05) is 30.1 Å². The normalized spacial score (nSPS) is 15.0. The molecule has 0 saturated heterocycles. The van der Waals surface area contributed by atoms with Crippen LogP contribution < -0.4 is 5.32 Å². The molecule has 0 bridgehead atoms. The van der Waals surface area contributed by atoms with Crippen LogP contribution in [0, 0.1) is 12.7 Å². The minimum Gasteiger partial charge on any atom is -0.308 e. The first kappa shape index (κ1) is 15.4. The smallest absolute Gasteiger partial charge is 0.236 e. The SMILES string of the molecule is Cc1nccc(-n2ccc(NC(=O)C3(c4ccccc4F)CC3)n2)n1. The highest BCUT2D eigenvalue weighted by atomic mass is 19.1. The fourth-order valence-corrected chi connectivity index (χ4v) is 2.92. The predicted molar refractivity (Wildman–Crippen MR) is 89.8 cm³/mol. The van der Waals surface area contributed by atoms with Gasteiger partial charge in [0.15, 0.2) is 11.6 Å². The lowest BCUT2D eigenvalue weighted by atomic mass is 9.94. The van der Waals surface area contributed by atoms with Gasteiger partial charge in [0.05, 0.1) is 5.41 Å². The van der Waals surface area contributed by atoms with Gasteiger partial charge in [0.25, 0.3) is 0 Å². The van der Waals surface area contributed by atoms with Crippen LogP contribution in [0.3, 0.4) is 0 Å². The molecule has 25 heavy (non-hydrogen) atoms. The molecule has 7 heteroatoms. The summed E-state index contributed by atoms with van der Waals surface area (Å²) < 4.78 is 15.6. The van der Waals surface area contributed by atoms with E-state index in [9.17, 15) is 9.18 Å². The molecule has 6 nitrogen and oxygen atoms in total. The number of halogens is 1. The van der Waals surface area contributed by atoms with Crippen molar-refractivity contribution in [2.45, 2.75) is 25.2 Å². The van der Waals surface area contributed by atoms with Gasteiger partial charge in [-0.3, -0.25) is 4.79 Å². The molecule has 4 rings (SSSR count). The molecule has 2 aromatic heterocycles. The topological polar surface area (TPSA) is 72.7 Å². The Hall–Kier alpha value is -3.09. The Bertz CT molecular complexity index is 948. The van der Waals surface area contributed by atoms with E-state index in [1.54, 1.807) is 54.3 Å². The van der Waals surface area contributed by atoms with Gasteiger partial charge in [-0.2, -0.15) is 0 Å². The second kappa shape index (κ2) is 5.77. The second-order valence-corrected chi connectivity index (χ2v) is 6.12. The molecule has 1 saturated carbocycles. The van der Waals surface area contributed by atoms with Gasteiger partial charge in [0.1, 0.15) is 11.6 Å². The lowest BCUT2D eigenvalue weighted by Crippen LogP contribution is -2.29. The Morgan fingerprint density at radius 2 is 2.04 bits per heavy atom. The Morgan fingerprint density at radius 1 is 1.24 bits per heavy atom. The quantitative estimate of drug-likeness (QED) is 0.794. The second-order valence-electron chi connectivity index (χ2n) is 6.12. The molecule has 3 aromatic rings. The van der Waals surface area contributed by atoms with Crippen molar-refractivity contribution in [2.24, 2.45) is 0 Å². The van der Waals surface area contributed by atoms with Crippen LogP contribution in [-0.2, 0) is 10.2 Å². The summed E-state index contributed by atoms with van der Waals surface area (Å²) >= 11 is 0. The lowest BCUT2D eigenvalue weighted by molar-refractivity contribution is -0.118. The summed E-state index contributed by atoms with van der Waals surface area (Å²) in [6.45, 7) is 1.79. The minimum atomic E-state index is -0.791. The van der Waals surface area contributed by atoms with Gasteiger partial charge in [-0.05, 0) is 25.8 Å². The van der Waals surface area contributed by atoms with E-state index in [1.807, 2.05) is 0 Å². The number of aromatic nitrogens is 4. The average Bonchev–Trinajstić information content (AvgIpc) is 3.28. The number of anilines is 1. The predicted octanol–water partition coefficient (Wildman–Crippen LogP) is 2.78. The molecule has 0 unspecified atom stereocenters. The van der Waals surface area contributed by atoms with E-state index >= 15 is 0 Å². The first-order chi connectivity index (χ1) is 12.1. The monoisotopic (exact) mass is 337 g/mol. The molecule has 2 heterocycles. The first-order valence-electron chi connectivity index (χ1n) is 8.01. The van der Waals surface area contributed by atoms with Crippen molar-refractivity contribution in [2.75, 3.05) is 5.32 Å². The maximum Gasteiger partial charge on any atom is 0.236 e. The zero-order valence-corrected chi connectivity index (χ0v) is 13.6. The van der Waals surface area contributed by atoms with Crippen LogP contribution in [0.1, 0.15) is 24.2 Å². The Balaban J connectivity index is 1.55. The van der Waals surface area contributed by atoms with E-state index in [-0.39, 0.29) is 11.7 Å². The minimum absolute atomic E-state index is 0.235. The van der Waals surface area contributed by atoms with Crippen molar-refractivity contribution >= 4 is 11.7 Å². The average molecular weight is 337 g/mol. The Labute approximate surface area is 143 Å². The number of carbonyl (C=O) groups excluding carboxylic acids is 1. The number of rotatable bonds is 4. The number of carbonyl (C=O) groups is 1. The highest BCUT2D eigenvalue weighted by Crippen LogP contribution is 2.49. The highest BCUT2D eigenvalue weighted by Gasteiger charge is 2.52. The van der Waals surface area contributed by atoms with Crippen LogP contribution in [0.5, 0.6) is 0 Å². The van der Waals surface area contributed by atoms with Crippen molar-refractivity contribution < 1.29 is 9.18 Å². The number of hydrogen-bond donors (Lipinski definition) is 1. The van der Waals surface area contributed by atoms with Crippen molar-refractivity contribution in [3.63, 3.8) is 0 Å².